The summed E-state index contributed by atoms with van der Waals surface area (Å²) in [6.07, 6.45) is -7.52. The monoisotopic (exact) mass is 1100 g/mol. The molecule has 1 aromatic rings. The molecule has 0 spiro atoms. The van der Waals surface area contributed by atoms with Crippen molar-refractivity contribution in [3.05, 3.63) is 47.3 Å². The molecule has 5 aliphatic heterocycles. The number of ether oxygens (including phenoxy) is 8. The third kappa shape index (κ3) is 15.3. The number of hydrazine groups is 2. The quantitative estimate of drug-likeness (QED) is 0.111. The zero-order chi connectivity index (χ0) is 56.7. The standard InChI is InChI=1S/C56H97FN6O14/c1-15-44-56(10,69)49(65)37(6)61(12)30-33(2)27-54(8,68)51(35(4)47(36(5)52(67)75-44)76-45-28-55(9,71-14)50(66)38(7)74-45)77-53-46(64)42(26-34(3)73-53)60(11)21-20-41-32-63(59-58-41)43(29-57)48(70-13)40-18-16-39(17-19-40)31-62-22-24-72-25-23-62/h16-19,32-38,42-51,53,58-59,64-66,68-69H,15,20-31H2,1-14H3/t33-,34-,35+,36-,37-,38+,42+,43-,44-,45+,46-,47+,48-,49-,50+,51-,53+,54-,55-,56-/m1/s1. The summed E-state index contributed by atoms with van der Waals surface area (Å²) in [6, 6.07) is 6.41. The van der Waals surface area contributed by atoms with Crippen molar-refractivity contribution in [2.75, 3.05) is 74.4 Å². The molecule has 442 valence electrons. The minimum Gasteiger partial charge on any atom is -0.459 e. The molecule has 4 fully saturated rings. The fourth-order valence-electron chi connectivity index (χ4n) is 12.4. The van der Waals surface area contributed by atoms with E-state index in [2.05, 4.69) is 28.0 Å². The summed E-state index contributed by atoms with van der Waals surface area (Å²) in [5, 5.41) is 61.7. The van der Waals surface area contributed by atoms with Gasteiger partial charge in [-0.05, 0) is 98.9 Å². The van der Waals surface area contributed by atoms with Crippen molar-refractivity contribution in [3.8, 4) is 0 Å². The Kier molecular flexibility index (Phi) is 22.6. The maximum atomic E-state index is 15.0. The molecular weight excluding hydrogens is 1000 g/mol. The number of hydrogen-bond donors (Lipinski definition) is 7. The van der Waals surface area contributed by atoms with E-state index in [1.807, 2.05) is 63.0 Å². The molecule has 0 aromatic heterocycles. The highest BCUT2D eigenvalue weighted by Gasteiger charge is 2.53. The van der Waals surface area contributed by atoms with Gasteiger partial charge >= 0.3 is 5.97 Å². The lowest BCUT2D eigenvalue weighted by atomic mass is 9.77. The number of esters is 1. The summed E-state index contributed by atoms with van der Waals surface area (Å²) in [4.78, 5) is 20.9. The predicted octanol–water partition coefficient (Wildman–Crippen LogP) is 3.39. The third-order valence-corrected chi connectivity index (χ3v) is 17.4. The Bertz CT molecular complexity index is 2020. The lowest BCUT2D eigenvalue weighted by Crippen LogP contribution is -2.61. The fourth-order valence-corrected chi connectivity index (χ4v) is 12.4. The number of benzene rings is 1. The molecule has 77 heavy (non-hydrogen) atoms. The molecule has 0 unspecified atom stereocenters. The topological polar surface area (TPSA) is 229 Å². The Morgan fingerprint density at radius 3 is 2.25 bits per heavy atom. The zero-order valence-electron chi connectivity index (χ0n) is 48.5. The first-order chi connectivity index (χ1) is 36.3. The molecule has 6 rings (SSSR count). The molecular formula is C56H97FN6O14. The first-order valence-corrected chi connectivity index (χ1v) is 28.0. The number of carbonyl (C=O) groups excluding carboxylic acids is 1. The van der Waals surface area contributed by atoms with Crippen LogP contribution >= 0.6 is 0 Å². The highest BCUT2D eigenvalue weighted by atomic mass is 19.1. The van der Waals surface area contributed by atoms with E-state index in [1.165, 1.54) is 14.0 Å². The smallest absolute Gasteiger partial charge is 0.311 e. The van der Waals surface area contributed by atoms with Crippen LogP contribution in [0.2, 0.25) is 0 Å². The lowest BCUT2D eigenvalue weighted by Gasteiger charge is -2.49. The molecule has 0 amide bonds. The summed E-state index contributed by atoms with van der Waals surface area (Å²) in [5.41, 5.74) is 4.58. The van der Waals surface area contributed by atoms with Crippen LogP contribution in [0.1, 0.15) is 119 Å². The number of carbonyl (C=O) groups is 1. The Morgan fingerprint density at radius 2 is 1.62 bits per heavy atom. The number of cyclic esters (lactones) is 1. The summed E-state index contributed by atoms with van der Waals surface area (Å²) in [5.74, 6) is -2.84. The van der Waals surface area contributed by atoms with Gasteiger partial charge in [0.1, 0.15) is 48.8 Å². The SMILES string of the molecule is CC[C@H]1OC(=O)[C@H](C)[C@@H](O[C@H]2C[C@@](C)(OC)[C@@H](O)[C@H](C)O2)[C@H](C)[C@@H](O[C@@H]2O[C@H](C)C[C@H](N(C)CCC3=CN([C@H](CF)[C@H](OC)c4ccc(CN5CCOCC5)cc4)NN3)[C@H]2O)[C@](C)(O)C[C@@H](C)CN(C)[C@H](C)[C@@H](O)[C@]1(C)O. The molecule has 0 aliphatic carbocycles. The van der Waals surface area contributed by atoms with Crippen molar-refractivity contribution >= 4 is 5.97 Å². The minimum absolute atomic E-state index is 0.0903. The maximum absolute atomic E-state index is 15.0. The third-order valence-electron chi connectivity index (χ3n) is 17.4. The van der Waals surface area contributed by atoms with Crippen LogP contribution < -0.4 is 11.0 Å². The molecule has 20 nitrogen and oxygen atoms in total. The average Bonchev–Trinajstić information content (AvgIpc) is 3.88. The van der Waals surface area contributed by atoms with Crippen LogP contribution in [0.25, 0.3) is 0 Å². The van der Waals surface area contributed by atoms with Gasteiger partial charge in [-0.2, -0.15) is 0 Å². The normalized spacial score (nSPS) is 40.5. The van der Waals surface area contributed by atoms with Crippen molar-refractivity contribution in [3.63, 3.8) is 0 Å². The van der Waals surface area contributed by atoms with Gasteiger partial charge in [-0.3, -0.25) is 14.7 Å². The van der Waals surface area contributed by atoms with Gasteiger partial charge in [-0.1, -0.05) is 45.0 Å². The Balaban J connectivity index is 1.23. The number of methoxy groups -OCH3 is 2. The van der Waals surface area contributed by atoms with Crippen LogP contribution in [0.15, 0.2) is 36.2 Å². The summed E-state index contributed by atoms with van der Waals surface area (Å²) in [6.45, 7) is 21.8. The minimum atomic E-state index is -1.85. The number of alkyl halides is 1. The van der Waals surface area contributed by atoms with Gasteiger partial charge in [0.2, 0.25) is 0 Å². The highest BCUT2D eigenvalue weighted by Crippen LogP contribution is 2.41. The van der Waals surface area contributed by atoms with Gasteiger partial charge in [0, 0.05) is 89.7 Å². The van der Waals surface area contributed by atoms with E-state index in [9.17, 15) is 34.7 Å². The van der Waals surface area contributed by atoms with Gasteiger partial charge in [0.05, 0.1) is 54.7 Å². The second-order valence-corrected chi connectivity index (χ2v) is 23.7. The molecule has 0 radical (unpaired) electrons. The van der Waals surface area contributed by atoms with Gasteiger partial charge in [-0.25, -0.2) is 4.39 Å². The van der Waals surface area contributed by atoms with Gasteiger partial charge in [0.15, 0.2) is 12.6 Å². The number of aliphatic hydroxyl groups is 5. The fraction of sp³-hybridized carbons (Fsp3) is 0.839. The Labute approximate surface area is 457 Å². The van der Waals surface area contributed by atoms with E-state index in [4.69, 9.17) is 37.9 Å². The van der Waals surface area contributed by atoms with Crippen molar-refractivity contribution in [1.29, 1.82) is 0 Å². The van der Waals surface area contributed by atoms with Crippen LogP contribution in [0.3, 0.4) is 0 Å². The van der Waals surface area contributed by atoms with Crippen LogP contribution in [0, 0.1) is 17.8 Å². The van der Waals surface area contributed by atoms with Gasteiger partial charge in [0.25, 0.3) is 0 Å². The van der Waals surface area contributed by atoms with Crippen LogP contribution in [-0.2, 0) is 49.2 Å². The molecule has 21 heteroatoms. The van der Waals surface area contributed by atoms with E-state index in [1.54, 1.807) is 53.7 Å². The van der Waals surface area contributed by atoms with E-state index in [0.29, 0.717) is 25.9 Å². The number of rotatable bonds is 17. The number of nitrogens with one attached hydrogen (secondary N) is 2. The highest BCUT2D eigenvalue weighted by molar-refractivity contribution is 5.73. The Morgan fingerprint density at radius 1 is 0.948 bits per heavy atom. The number of likely N-dealkylation sites (N-methyl/N-ethyl adjacent to an activating group) is 2. The molecule has 1 aromatic carbocycles. The molecule has 4 saturated heterocycles. The lowest BCUT2D eigenvalue weighted by molar-refractivity contribution is -0.318. The van der Waals surface area contributed by atoms with E-state index in [0.717, 1.165) is 49.7 Å². The second-order valence-electron chi connectivity index (χ2n) is 23.7. The van der Waals surface area contributed by atoms with Crippen molar-refractivity contribution < 1.29 is 72.6 Å². The van der Waals surface area contributed by atoms with Crippen LogP contribution in [0.5, 0.6) is 0 Å². The number of morpholine rings is 1. The summed E-state index contributed by atoms with van der Waals surface area (Å²) >= 11 is 0. The molecule has 7 N–H and O–H groups in total. The van der Waals surface area contributed by atoms with Crippen molar-refractivity contribution in [2.45, 2.75) is 210 Å². The van der Waals surface area contributed by atoms with Gasteiger partial charge < -0.3 is 78.7 Å². The summed E-state index contributed by atoms with van der Waals surface area (Å²) in [7, 11) is 6.84. The van der Waals surface area contributed by atoms with Crippen molar-refractivity contribution in [2.24, 2.45) is 17.8 Å². The van der Waals surface area contributed by atoms with Gasteiger partial charge in [-0.15, -0.1) is 5.53 Å². The average molecular weight is 1100 g/mol. The predicted molar refractivity (Wildman–Crippen MR) is 286 cm³/mol. The first-order valence-electron chi connectivity index (χ1n) is 28.0. The number of nitrogens with zero attached hydrogens (tertiary/aromatic N) is 4. The van der Waals surface area contributed by atoms with Crippen LogP contribution in [-0.4, -0.2) is 222 Å². The first kappa shape index (κ1) is 63.5. The largest absolute Gasteiger partial charge is 0.459 e. The number of hydrogen-bond acceptors (Lipinski definition) is 20. The number of aliphatic hydroxyl groups excluding tert-OH is 3. The zero-order valence-corrected chi connectivity index (χ0v) is 48.5. The van der Waals surface area contributed by atoms with Crippen molar-refractivity contribution in [1.82, 2.24) is 30.7 Å². The van der Waals surface area contributed by atoms with Crippen LogP contribution in [0.4, 0.5) is 4.39 Å². The van der Waals surface area contributed by atoms with E-state index in [-0.39, 0.29) is 31.3 Å². The molecule has 20 atom stereocenters. The Hall–Kier alpha value is -2.68. The number of halogens is 1. The summed E-state index contributed by atoms with van der Waals surface area (Å²) < 4.78 is 64.8. The van der Waals surface area contributed by atoms with E-state index < -0.39 is 121 Å². The molecule has 0 saturated carbocycles. The maximum Gasteiger partial charge on any atom is 0.311 e. The molecule has 0 bridgehead atoms. The second kappa shape index (κ2) is 27.4. The van der Waals surface area contributed by atoms with E-state index >= 15 is 0 Å². The molecule has 5 aliphatic rings. The molecule has 5 heterocycles.